The number of piperidine rings is 1. The molecule has 100 valence electrons. The van der Waals surface area contributed by atoms with Gasteiger partial charge in [0.15, 0.2) is 0 Å². The van der Waals surface area contributed by atoms with Crippen molar-refractivity contribution in [2.75, 3.05) is 25.1 Å². The third-order valence-corrected chi connectivity index (χ3v) is 4.01. The molecule has 4 heteroatoms. The molecular formula is C14H19ClFNO. The van der Waals surface area contributed by atoms with Crippen LogP contribution < -0.4 is 4.90 Å². The number of nitrogens with zero attached hydrogens (tertiary/aromatic N) is 1. The van der Waals surface area contributed by atoms with Crippen LogP contribution in [0, 0.1) is 11.7 Å². The molecule has 0 bridgehead atoms. The van der Waals surface area contributed by atoms with Gasteiger partial charge in [-0.05, 0) is 24.0 Å². The van der Waals surface area contributed by atoms with E-state index in [9.17, 15) is 4.39 Å². The van der Waals surface area contributed by atoms with Gasteiger partial charge in [-0.25, -0.2) is 4.39 Å². The van der Waals surface area contributed by atoms with Gasteiger partial charge >= 0.3 is 0 Å². The molecule has 1 heterocycles. The van der Waals surface area contributed by atoms with Crippen LogP contribution in [0.2, 0.25) is 0 Å². The number of ether oxygens (including phenoxy) is 1. The molecule has 18 heavy (non-hydrogen) atoms. The fraction of sp³-hybridized carbons (Fsp3) is 0.571. The highest BCUT2D eigenvalue weighted by molar-refractivity contribution is 6.17. The summed E-state index contributed by atoms with van der Waals surface area (Å²) in [5.41, 5.74) is 1.49. The highest BCUT2D eigenvalue weighted by atomic mass is 35.5. The molecule has 2 nitrogen and oxygen atoms in total. The van der Waals surface area contributed by atoms with Crippen molar-refractivity contribution >= 4 is 17.3 Å². The summed E-state index contributed by atoms with van der Waals surface area (Å²) in [7, 11) is 1.72. The lowest BCUT2D eigenvalue weighted by molar-refractivity contribution is 0.0496. The largest absolute Gasteiger partial charge is 0.379 e. The van der Waals surface area contributed by atoms with Crippen molar-refractivity contribution in [3.63, 3.8) is 0 Å². The minimum absolute atomic E-state index is 0.154. The molecule has 2 unspecified atom stereocenters. The van der Waals surface area contributed by atoms with Crippen LogP contribution in [0.5, 0.6) is 0 Å². The van der Waals surface area contributed by atoms with E-state index in [-0.39, 0.29) is 11.9 Å². The lowest BCUT2D eigenvalue weighted by Gasteiger charge is -2.38. The van der Waals surface area contributed by atoms with E-state index >= 15 is 0 Å². The molecule has 0 amide bonds. The van der Waals surface area contributed by atoms with Crippen LogP contribution in [0.4, 0.5) is 10.1 Å². The first-order valence-corrected chi connectivity index (χ1v) is 6.82. The molecule has 1 saturated heterocycles. The first kappa shape index (κ1) is 13.6. The van der Waals surface area contributed by atoms with Gasteiger partial charge in [0, 0.05) is 26.1 Å². The van der Waals surface area contributed by atoms with Gasteiger partial charge in [0.2, 0.25) is 0 Å². The molecule has 1 aliphatic rings. The van der Waals surface area contributed by atoms with Gasteiger partial charge in [-0.1, -0.05) is 19.1 Å². The summed E-state index contributed by atoms with van der Waals surface area (Å²) >= 11 is 5.90. The maximum Gasteiger partial charge on any atom is 0.146 e. The number of hydrogen-bond acceptors (Lipinski definition) is 2. The van der Waals surface area contributed by atoms with Crippen molar-refractivity contribution in [2.45, 2.75) is 25.3 Å². The molecule has 1 fully saturated rings. The second-order valence-electron chi connectivity index (χ2n) is 4.87. The first-order chi connectivity index (χ1) is 8.67. The standard InChI is InChI=1S/C14H19ClFNO/c1-10-6-7-17(9-13(10)18-2)14-11(8-15)4-3-5-12(14)16/h3-5,10,13H,6-9H2,1-2H3. The highest BCUT2D eigenvalue weighted by Crippen LogP contribution is 2.30. The molecule has 0 aliphatic carbocycles. The zero-order valence-corrected chi connectivity index (χ0v) is 11.6. The van der Waals surface area contributed by atoms with Crippen molar-refractivity contribution in [3.05, 3.63) is 29.6 Å². The Labute approximate surface area is 113 Å². The molecule has 0 spiro atoms. The quantitative estimate of drug-likeness (QED) is 0.781. The van der Waals surface area contributed by atoms with Crippen LogP contribution in [0.3, 0.4) is 0 Å². The smallest absolute Gasteiger partial charge is 0.146 e. The van der Waals surface area contributed by atoms with E-state index in [1.54, 1.807) is 13.2 Å². The highest BCUT2D eigenvalue weighted by Gasteiger charge is 2.28. The van der Waals surface area contributed by atoms with Crippen LogP contribution in [0.15, 0.2) is 18.2 Å². The number of para-hydroxylation sites is 1. The molecule has 1 aliphatic heterocycles. The predicted molar refractivity (Wildman–Crippen MR) is 72.7 cm³/mol. The van der Waals surface area contributed by atoms with Gasteiger partial charge in [0.05, 0.1) is 11.8 Å². The number of methoxy groups -OCH3 is 1. The van der Waals surface area contributed by atoms with Crippen LogP contribution >= 0.6 is 11.6 Å². The molecule has 1 aromatic carbocycles. The van der Waals surface area contributed by atoms with Crippen molar-refractivity contribution < 1.29 is 9.13 Å². The number of hydrogen-bond donors (Lipinski definition) is 0. The van der Waals surface area contributed by atoms with Crippen LogP contribution in [0.25, 0.3) is 0 Å². The molecule has 0 radical (unpaired) electrons. The maximum absolute atomic E-state index is 14.0. The molecule has 2 atom stereocenters. The first-order valence-electron chi connectivity index (χ1n) is 6.28. The lowest BCUT2D eigenvalue weighted by atomic mass is 9.95. The second kappa shape index (κ2) is 5.89. The molecule has 2 rings (SSSR count). The van der Waals surface area contributed by atoms with Crippen LogP contribution in [-0.2, 0) is 10.6 Å². The Balaban J connectivity index is 2.26. The monoisotopic (exact) mass is 271 g/mol. The average Bonchev–Trinajstić information content (AvgIpc) is 2.39. The third kappa shape index (κ3) is 2.62. The normalized spacial score (nSPS) is 24.3. The van der Waals surface area contributed by atoms with E-state index in [2.05, 4.69) is 11.8 Å². The topological polar surface area (TPSA) is 12.5 Å². The lowest BCUT2D eigenvalue weighted by Crippen LogP contribution is -2.44. The summed E-state index contributed by atoms with van der Waals surface area (Å²) in [6, 6.07) is 5.08. The van der Waals surface area contributed by atoms with Gasteiger partial charge in [-0.2, -0.15) is 0 Å². The Hall–Kier alpha value is -0.800. The summed E-state index contributed by atoms with van der Waals surface area (Å²) in [5, 5.41) is 0. The fourth-order valence-electron chi connectivity index (χ4n) is 2.57. The van der Waals surface area contributed by atoms with E-state index in [0.29, 0.717) is 17.5 Å². The SMILES string of the molecule is COC1CN(c2c(F)cccc2CCl)CCC1C. The molecule has 0 aromatic heterocycles. The zero-order valence-electron chi connectivity index (χ0n) is 10.8. The molecule has 0 N–H and O–H groups in total. The van der Waals surface area contributed by atoms with E-state index in [4.69, 9.17) is 16.3 Å². The van der Waals surface area contributed by atoms with E-state index in [1.165, 1.54) is 6.07 Å². The van der Waals surface area contributed by atoms with E-state index < -0.39 is 0 Å². The minimum Gasteiger partial charge on any atom is -0.379 e. The van der Waals surface area contributed by atoms with E-state index in [0.717, 1.165) is 25.1 Å². The van der Waals surface area contributed by atoms with Crippen molar-refractivity contribution in [1.29, 1.82) is 0 Å². The Bertz CT molecular complexity index is 413. The minimum atomic E-state index is -0.197. The Morgan fingerprint density at radius 3 is 2.94 bits per heavy atom. The Morgan fingerprint density at radius 2 is 2.28 bits per heavy atom. The fourth-order valence-corrected chi connectivity index (χ4v) is 2.78. The third-order valence-electron chi connectivity index (χ3n) is 3.72. The Kier molecular flexibility index (Phi) is 4.46. The van der Waals surface area contributed by atoms with Crippen molar-refractivity contribution in [3.8, 4) is 0 Å². The zero-order chi connectivity index (χ0) is 13.1. The van der Waals surface area contributed by atoms with E-state index in [1.807, 2.05) is 6.07 Å². The number of benzene rings is 1. The molecule has 1 aromatic rings. The van der Waals surface area contributed by atoms with Gasteiger partial charge in [0.1, 0.15) is 5.82 Å². The van der Waals surface area contributed by atoms with Gasteiger partial charge < -0.3 is 9.64 Å². The number of anilines is 1. The summed E-state index contributed by atoms with van der Waals surface area (Å²) in [6.07, 6.45) is 1.16. The number of rotatable bonds is 3. The van der Waals surface area contributed by atoms with Crippen LogP contribution in [0.1, 0.15) is 18.9 Å². The molecule has 0 saturated carbocycles. The predicted octanol–water partition coefficient (Wildman–Crippen LogP) is 3.43. The van der Waals surface area contributed by atoms with Crippen molar-refractivity contribution in [1.82, 2.24) is 0 Å². The van der Waals surface area contributed by atoms with Gasteiger partial charge in [-0.15, -0.1) is 11.6 Å². The summed E-state index contributed by atoms with van der Waals surface area (Å²) in [6.45, 7) is 3.75. The maximum atomic E-state index is 14.0. The number of alkyl halides is 1. The summed E-state index contributed by atoms with van der Waals surface area (Å²) in [4.78, 5) is 2.06. The summed E-state index contributed by atoms with van der Waals surface area (Å²) < 4.78 is 19.5. The number of halogens is 2. The summed E-state index contributed by atoms with van der Waals surface area (Å²) in [5.74, 6) is 0.645. The van der Waals surface area contributed by atoms with Gasteiger partial charge in [-0.3, -0.25) is 0 Å². The average molecular weight is 272 g/mol. The molecular weight excluding hydrogens is 253 g/mol. The van der Waals surface area contributed by atoms with Gasteiger partial charge in [0.25, 0.3) is 0 Å². The Morgan fingerprint density at radius 1 is 1.50 bits per heavy atom. The van der Waals surface area contributed by atoms with Crippen LogP contribution in [-0.4, -0.2) is 26.3 Å². The second-order valence-corrected chi connectivity index (χ2v) is 5.13. The van der Waals surface area contributed by atoms with Crippen molar-refractivity contribution in [2.24, 2.45) is 5.92 Å².